The van der Waals surface area contributed by atoms with Gasteiger partial charge in [0.05, 0.1) is 11.3 Å². The van der Waals surface area contributed by atoms with Crippen molar-refractivity contribution in [3.8, 4) is 10.7 Å². The van der Waals surface area contributed by atoms with Gasteiger partial charge in [0, 0.05) is 28.9 Å². The standard InChI is InChI=1S/C17H20N4O3S/c1-10(8-11-9-18-16(25-11)14-6-7-19-21-14)15(22)20-13-5-3-2-4-12(13)17(23)24/h6-7,9-10H,2-5,8H2,1H3,(H,19,21)(H,20,22)(H,23,24). The van der Waals surface area contributed by atoms with Crippen LogP contribution in [-0.2, 0) is 16.0 Å². The number of hydrogen-bond acceptors (Lipinski definition) is 5. The van der Waals surface area contributed by atoms with Gasteiger partial charge in [-0.05, 0) is 38.2 Å². The molecule has 1 amide bonds. The molecule has 0 saturated heterocycles. The predicted molar refractivity (Wildman–Crippen MR) is 93.8 cm³/mol. The number of carboxylic acid groups (broad SMARTS) is 1. The number of H-pyrrole nitrogens is 1. The third-order valence-electron chi connectivity index (χ3n) is 4.24. The Bertz CT molecular complexity index is 795. The highest BCUT2D eigenvalue weighted by Gasteiger charge is 2.22. The van der Waals surface area contributed by atoms with Crippen molar-refractivity contribution in [2.75, 3.05) is 0 Å². The molecule has 0 spiro atoms. The maximum atomic E-state index is 12.4. The molecule has 0 radical (unpaired) electrons. The van der Waals surface area contributed by atoms with Gasteiger partial charge in [-0.1, -0.05) is 6.92 Å². The summed E-state index contributed by atoms with van der Waals surface area (Å²) >= 11 is 1.52. The predicted octanol–water partition coefficient (Wildman–Crippen LogP) is 2.74. The topological polar surface area (TPSA) is 108 Å². The number of aromatic nitrogens is 3. The number of hydrogen-bond donors (Lipinski definition) is 3. The van der Waals surface area contributed by atoms with E-state index in [1.807, 2.05) is 13.0 Å². The number of rotatable bonds is 6. The number of allylic oxidation sites excluding steroid dienone is 1. The third-order valence-corrected chi connectivity index (χ3v) is 5.29. The van der Waals surface area contributed by atoms with Gasteiger partial charge in [0.2, 0.25) is 5.91 Å². The van der Waals surface area contributed by atoms with Crippen LogP contribution in [0, 0.1) is 5.92 Å². The van der Waals surface area contributed by atoms with Crippen LogP contribution in [0.15, 0.2) is 29.7 Å². The van der Waals surface area contributed by atoms with E-state index in [0.717, 1.165) is 28.4 Å². The van der Waals surface area contributed by atoms with Crippen LogP contribution < -0.4 is 5.32 Å². The lowest BCUT2D eigenvalue weighted by atomic mass is 9.95. The van der Waals surface area contributed by atoms with Crippen LogP contribution in [0.3, 0.4) is 0 Å². The van der Waals surface area contributed by atoms with E-state index in [-0.39, 0.29) is 11.8 Å². The number of carboxylic acids is 1. The fourth-order valence-electron chi connectivity index (χ4n) is 2.85. The van der Waals surface area contributed by atoms with Gasteiger partial charge in [-0.15, -0.1) is 11.3 Å². The van der Waals surface area contributed by atoms with Crippen molar-refractivity contribution in [3.63, 3.8) is 0 Å². The van der Waals surface area contributed by atoms with E-state index in [2.05, 4.69) is 20.5 Å². The average molecular weight is 360 g/mol. The molecule has 25 heavy (non-hydrogen) atoms. The second-order valence-electron chi connectivity index (χ2n) is 6.17. The summed E-state index contributed by atoms with van der Waals surface area (Å²) in [7, 11) is 0. The molecule has 0 saturated carbocycles. The van der Waals surface area contributed by atoms with Gasteiger partial charge in [-0.25, -0.2) is 9.78 Å². The Hall–Kier alpha value is -2.48. The lowest BCUT2D eigenvalue weighted by molar-refractivity contribution is -0.133. The van der Waals surface area contributed by atoms with Gasteiger partial charge in [-0.2, -0.15) is 5.10 Å². The molecular weight excluding hydrogens is 340 g/mol. The number of aliphatic carboxylic acids is 1. The summed E-state index contributed by atoms with van der Waals surface area (Å²) in [6, 6.07) is 1.85. The fourth-order valence-corrected chi connectivity index (χ4v) is 3.86. The minimum absolute atomic E-state index is 0.146. The highest BCUT2D eigenvalue weighted by molar-refractivity contribution is 7.15. The average Bonchev–Trinajstić information content (AvgIpc) is 3.26. The van der Waals surface area contributed by atoms with Crippen LogP contribution in [0.4, 0.5) is 0 Å². The first kappa shape index (κ1) is 17.3. The van der Waals surface area contributed by atoms with Crippen LogP contribution in [0.1, 0.15) is 37.5 Å². The number of carbonyl (C=O) groups excluding carboxylic acids is 1. The molecule has 0 bridgehead atoms. The van der Waals surface area contributed by atoms with Gasteiger partial charge in [0.1, 0.15) is 5.01 Å². The number of nitrogens with one attached hydrogen (secondary N) is 2. The highest BCUT2D eigenvalue weighted by Crippen LogP contribution is 2.26. The molecule has 1 aliphatic carbocycles. The Labute approximate surface area is 149 Å². The molecule has 7 nitrogen and oxygen atoms in total. The number of carbonyl (C=O) groups is 2. The quantitative estimate of drug-likeness (QED) is 0.734. The molecule has 2 aromatic heterocycles. The lowest BCUT2D eigenvalue weighted by Gasteiger charge is -2.20. The molecule has 0 aliphatic heterocycles. The van der Waals surface area contributed by atoms with E-state index in [1.165, 1.54) is 11.3 Å². The van der Waals surface area contributed by atoms with E-state index < -0.39 is 5.97 Å². The van der Waals surface area contributed by atoms with Crippen molar-refractivity contribution in [1.29, 1.82) is 0 Å². The van der Waals surface area contributed by atoms with Gasteiger partial charge in [0.15, 0.2) is 0 Å². The summed E-state index contributed by atoms with van der Waals surface area (Å²) < 4.78 is 0. The molecular formula is C17H20N4O3S. The van der Waals surface area contributed by atoms with Crippen LogP contribution in [0.5, 0.6) is 0 Å². The number of aromatic amines is 1. The first-order valence-corrected chi connectivity index (χ1v) is 9.07. The zero-order valence-electron chi connectivity index (χ0n) is 13.9. The molecule has 1 unspecified atom stereocenters. The summed E-state index contributed by atoms with van der Waals surface area (Å²) in [6.07, 6.45) is 6.90. The lowest BCUT2D eigenvalue weighted by Crippen LogP contribution is -2.32. The first-order valence-electron chi connectivity index (χ1n) is 8.25. The molecule has 1 aliphatic rings. The Kier molecular flexibility index (Phi) is 5.28. The van der Waals surface area contributed by atoms with E-state index in [9.17, 15) is 14.7 Å². The van der Waals surface area contributed by atoms with Crippen molar-refractivity contribution >= 4 is 23.2 Å². The maximum absolute atomic E-state index is 12.4. The fraction of sp³-hybridized carbons (Fsp3) is 0.412. The Balaban J connectivity index is 1.64. The molecule has 2 aromatic rings. The summed E-state index contributed by atoms with van der Waals surface area (Å²) in [5.41, 5.74) is 1.76. The maximum Gasteiger partial charge on any atom is 0.333 e. The molecule has 8 heteroatoms. The SMILES string of the molecule is CC(Cc1cnc(-c2ccn[nH]2)s1)C(=O)NC1=C(C(=O)O)CCCC1. The van der Waals surface area contributed by atoms with E-state index in [4.69, 9.17) is 0 Å². The second kappa shape index (κ2) is 7.60. The zero-order valence-corrected chi connectivity index (χ0v) is 14.7. The van der Waals surface area contributed by atoms with Crippen LogP contribution in [0.2, 0.25) is 0 Å². The molecule has 2 heterocycles. The molecule has 3 rings (SSSR count). The molecule has 0 fully saturated rings. The number of nitrogens with zero attached hydrogens (tertiary/aromatic N) is 2. The Morgan fingerprint density at radius 1 is 1.40 bits per heavy atom. The molecule has 0 aromatic carbocycles. The number of thiazole rings is 1. The van der Waals surface area contributed by atoms with Gasteiger partial charge in [0.25, 0.3) is 0 Å². The molecule has 1 atom stereocenters. The van der Waals surface area contributed by atoms with Gasteiger partial charge in [-0.3, -0.25) is 9.89 Å². The first-order chi connectivity index (χ1) is 12.0. The molecule has 132 valence electrons. The van der Waals surface area contributed by atoms with Crippen molar-refractivity contribution in [2.24, 2.45) is 5.92 Å². The van der Waals surface area contributed by atoms with E-state index in [0.29, 0.717) is 30.5 Å². The van der Waals surface area contributed by atoms with Crippen molar-refractivity contribution in [3.05, 3.63) is 34.6 Å². The monoisotopic (exact) mass is 360 g/mol. The minimum atomic E-state index is -0.936. The summed E-state index contributed by atoms with van der Waals surface area (Å²) in [5.74, 6) is -1.35. The normalized spacial score (nSPS) is 15.9. The second-order valence-corrected chi connectivity index (χ2v) is 7.28. The Morgan fingerprint density at radius 2 is 2.20 bits per heavy atom. The van der Waals surface area contributed by atoms with Crippen molar-refractivity contribution in [2.45, 2.75) is 39.0 Å². The highest BCUT2D eigenvalue weighted by atomic mass is 32.1. The summed E-state index contributed by atoms with van der Waals surface area (Å²) in [6.45, 7) is 1.84. The zero-order chi connectivity index (χ0) is 17.8. The van der Waals surface area contributed by atoms with E-state index >= 15 is 0 Å². The van der Waals surface area contributed by atoms with Crippen LogP contribution in [0.25, 0.3) is 10.7 Å². The smallest absolute Gasteiger partial charge is 0.333 e. The number of amides is 1. The van der Waals surface area contributed by atoms with Gasteiger partial charge >= 0.3 is 5.97 Å². The summed E-state index contributed by atoms with van der Waals surface area (Å²) in [4.78, 5) is 29.1. The van der Waals surface area contributed by atoms with Gasteiger partial charge < -0.3 is 10.4 Å². The van der Waals surface area contributed by atoms with E-state index in [1.54, 1.807) is 12.4 Å². The molecule has 3 N–H and O–H groups in total. The third kappa shape index (κ3) is 4.14. The largest absolute Gasteiger partial charge is 0.478 e. The van der Waals surface area contributed by atoms with Crippen molar-refractivity contribution < 1.29 is 14.7 Å². The summed E-state index contributed by atoms with van der Waals surface area (Å²) in [5, 5.41) is 19.7. The minimum Gasteiger partial charge on any atom is -0.478 e. The Morgan fingerprint density at radius 3 is 2.92 bits per heavy atom. The van der Waals surface area contributed by atoms with Crippen molar-refractivity contribution in [1.82, 2.24) is 20.5 Å². The van der Waals surface area contributed by atoms with Crippen LogP contribution >= 0.6 is 11.3 Å². The van der Waals surface area contributed by atoms with Crippen LogP contribution in [-0.4, -0.2) is 32.2 Å².